The number of aromatic amines is 1. The van der Waals surface area contributed by atoms with Gasteiger partial charge in [0.15, 0.2) is 5.75 Å². The maximum absolute atomic E-state index is 11.1. The molecule has 0 saturated carbocycles. The van der Waals surface area contributed by atoms with E-state index in [1.165, 1.54) is 23.3 Å². The van der Waals surface area contributed by atoms with E-state index in [4.69, 9.17) is 17.0 Å². The highest BCUT2D eigenvalue weighted by Gasteiger charge is 2.15. The Bertz CT molecular complexity index is 722. The molecule has 0 aliphatic carbocycles. The molecule has 0 atom stereocenters. The Balaban J connectivity index is 2.27. The van der Waals surface area contributed by atoms with Gasteiger partial charge in [-0.15, -0.1) is 0 Å². The molecule has 9 heteroatoms. The van der Waals surface area contributed by atoms with E-state index in [9.17, 15) is 10.1 Å². The summed E-state index contributed by atoms with van der Waals surface area (Å²) in [6.45, 7) is 2.36. The first-order valence-electron chi connectivity index (χ1n) is 6.19. The Morgan fingerprint density at radius 3 is 3.05 bits per heavy atom. The summed E-state index contributed by atoms with van der Waals surface area (Å²) in [5.74, 6) is 0.249. The Morgan fingerprint density at radius 1 is 1.62 bits per heavy atom. The van der Waals surface area contributed by atoms with Gasteiger partial charge in [-0.3, -0.25) is 15.2 Å². The normalized spacial score (nSPS) is 10.9. The third-order valence-corrected chi connectivity index (χ3v) is 2.79. The van der Waals surface area contributed by atoms with Gasteiger partial charge in [0.05, 0.1) is 17.7 Å². The molecule has 0 aliphatic rings. The smallest absolute Gasteiger partial charge is 0.311 e. The van der Waals surface area contributed by atoms with Gasteiger partial charge in [0.1, 0.15) is 6.33 Å². The highest BCUT2D eigenvalue weighted by molar-refractivity contribution is 7.71. The number of aromatic nitrogens is 3. The van der Waals surface area contributed by atoms with Gasteiger partial charge in [-0.2, -0.15) is 14.9 Å². The molecule has 2 rings (SSSR count). The molecule has 2 aromatic rings. The number of nitrogens with zero attached hydrogens (tertiary/aromatic N) is 4. The second-order valence-electron chi connectivity index (χ2n) is 4.08. The predicted molar refractivity (Wildman–Crippen MR) is 79.3 cm³/mol. The number of nitro groups is 1. The molecule has 0 amide bonds. The van der Waals surface area contributed by atoms with E-state index < -0.39 is 4.92 Å². The van der Waals surface area contributed by atoms with Crippen LogP contribution in [0.3, 0.4) is 0 Å². The summed E-state index contributed by atoms with van der Waals surface area (Å²) >= 11 is 4.94. The molecule has 1 heterocycles. The van der Waals surface area contributed by atoms with E-state index in [2.05, 4.69) is 15.3 Å². The van der Waals surface area contributed by atoms with Crippen LogP contribution in [0, 0.1) is 14.9 Å². The molecule has 21 heavy (non-hydrogen) atoms. The molecular weight excluding hydrogens is 294 g/mol. The van der Waals surface area contributed by atoms with E-state index >= 15 is 0 Å². The van der Waals surface area contributed by atoms with Crippen LogP contribution in [0.4, 0.5) is 5.69 Å². The van der Waals surface area contributed by atoms with Crippen molar-refractivity contribution in [1.82, 2.24) is 14.9 Å². The highest BCUT2D eigenvalue weighted by Crippen LogP contribution is 2.27. The third kappa shape index (κ3) is 3.72. The van der Waals surface area contributed by atoms with Gasteiger partial charge in [-0.05, 0) is 30.8 Å². The fourth-order valence-electron chi connectivity index (χ4n) is 1.55. The third-order valence-electron chi connectivity index (χ3n) is 2.51. The lowest BCUT2D eigenvalue weighted by molar-refractivity contribution is -0.385. The maximum Gasteiger partial charge on any atom is 0.311 e. The SMILES string of the molecule is CCCOc1ccc(/C=N\n2cn[nH]c2=S)cc1[N+](=O)[O-]. The van der Waals surface area contributed by atoms with Crippen molar-refractivity contribution in [2.75, 3.05) is 6.61 Å². The molecule has 0 aliphatic heterocycles. The number of rotatable bonds is 6. The fourth-order valence-corrected chi connectivity index (χ4v) is 1.69. The van der Waals surface area contributed by atoms with Crippen molar-refractivity contribution in [3.05, 3.63) is 45.0 Å². The molecule has 0 unspecified atom stereocenters. The quantitative estimate of drug-likeness (QED) is 0.382. The Labute approximate surface area is 125 Å². The van der Waals surface area contributed by atoms with Crippen LogP contribution < -0.4 is 4.74 Å². The number of nitro benzene ring substituents is 1. The van der Waals surface area contributed by atoms with Crippen molar-refractivity contribution in [2.24, 2.45) is 5.10 Å². The molecule has 0 spiro atoms. The molecule has 0 bridgehead atoms. The second kappa shape index (κ2) is 6.75. The van der Waals surface area contributed by atoms with Crippen LogP contribution >= 0.6 is 12.2 Å². The minimum atomic E-state index is -0.480. The Morgan fingerprint density at radius 2 is 2.43 bits per heavy atom. The first-order chi connectivity index (χ1) is 10.1. The number of H-pyrrole nitrogens is 1. The second-order valence-corrected chi connectivity index (χ2v) is 4.47. The number of nitrogens with one attached hydrogen (secondary N) is 1. The maximum atomic E-state index is 11.1. The van der Waals surface area contributed by atoms with Gasteiger partial charge >= 0.3 is 5.69 Å². The van der Waals surface area contributed by atoms with E-state index in [0.717, 1.165) is 6.42 Å². The zero-order chi connectivity index (χ0) is 15.2. The molecular formula is C12H13N5O3S. The summed E-state index contributed by atoms with van der Waals surface area (Å²) < 4.78 is 7.04. The van der Waals surface area contributed by atoms with Crippen LogP contribution in [0.5, 0.6) is 5.75 Å². The average Bonchev–Trinajstić information content (AvgIpc) is 2.88. The summed E-state index contributed by atoms with van der Waals surface area (Å²) in [5, 5.41) is 21.4. The monoisotopic (exact) mass is 307 g/mol. The van der Waals surface area contributed by atoms with Crippen LogP contribution in [-0.4, -0.2) is 32.6 Å². The summed E-state index contributed by atoms with van der Waals surface area (Å²) in [5.41, 5.74) is 0.469. The standard InChI is InChI=1S/C12H13N5O3S/c1-2-5-20-11-4-3-9(6-10(11)17(18)19)7-14-16-8-13-15-12(16)21/h3-4,6-8H,2,5H2,1H3,(H,15,21)/b14-7-. The minimum Gasteiger partial charge on any atom is -0.487 e. The highest BCUT2D eigenvalue weighted by atomic mass is 32.1. The number of hydrogen-bond acceptors (Lipinski definition) is 6. The molecule has 0 saturated heterocycles. The largest absolute Gasteiger partial charge is 0.487 e. The molecule has 1 aromatic carbocycles. The van der Waals surface area contributed by atoms with Gasteiger partial charge in [0, 0.05) is 11.6 Å². The van der Waals surface area contributed by atoms with Crippen LogP contribution in [-0.2, 0) is 0 Å². The molecule has 1 N–H and O–H groups in total. The van der Waals surface area contributed by atoms with Gasteiger partial charge < -0.3 is 4.74 Å². The molecule has 0 fully saturated rings. The zero-order valence-electron chi connectivity index (χ0n) is 11.2. The minimum absolute atomic E-state index is 0.0943. The van der Waals surface area contributed by atoms with Crippen LogP contribution in [0.2, 0.25) is 0 Å². The number of hydrogen-bond donors (Lipinski definition) is 1. The molecule has 1 aromatic heterocycles. The van der Waals surface area contributed by atoms with Gasteiger partial charge in [0.25, 0.3) is 0 Å². The first kappa shape index (κ1) is 14.9. The summed E-state index contributed by atoms with van der Waals surface area (Å²) in [7, 11) is 0. The number of ether oxygens (including phenoxy) is 1. The van der Waals surface area contributed by atoms with Crippen molar-refractivity contribution in [2.45, 2.75) is 13.3 Å². The number of benzene rings is 1. The average molecular weight is 307 g/mol. The van der Waals surface area contributed by atoms with Crippen molar-refractivity contribution >= 4 is 24.1 Å². The van der Waals surface area contributed by atoms with E-state index in [1.807, 2.05) is 6.92 Å². The van der Waals surface area contributed by atoms with Crippen LogP contribution in [0.15, 0.2) is 29.6 Å². The van der Waals surface area contributed by atoms with Crippen LogP contribution in [0.1, 0.15) is 18.9 Å². The van der Waals surface area contributed by atoms with Gasteiger partial charge in [-0.1, -0.05) is 6.92 Å². The lowest BCUT2D eigenvalue weighted by Crippen LogP contribution is -2.00. The predicted octanol–water partition coefficient (Wildman–Crippen LogP) is 2.52. The summed E-state index contributed by atoms with van der Waals surface area (Å²) in [4.78, 5) is 10.6. The summed E-state index contributed by atoms with van der Waals surface area (Å²) in [6, 6.07) is 4.65. The molecule has 110 valence electrons. The van der Waals surface area contributed by atoms with E-state index in [-0.39, 0.29) is 11.4 Å². The van der Waals surface area contributed by atoms with Crippen molar-refractivity contribution in [1.29, 1.82) is 0 Å². The lowest BCUT2D eigenvalue weighted by Gasteiger charge is -2.05. The van der Waals surface area contributed by atoms with Crippen LogP contribution in [0.25, 0.3) is 0 Å². The Hall–Kier alpha value is -2.55. The molecule has 8 nitrogen and oxygen atoms in total. The van der Waals surface area contributed by atoms with Gasteiger partial charge in [-0.25, -0.2) is 0 Å². The lowest BCUT2D eigenvalue weighted by atomic mass is 10.2. The zero-order valence-corrected chi connectivity index (χ0v) is 12.0. The first-order valence-corrected chi connectivity index (χ1v) is 6.60. The van der Waals surface area contributed by atoms with E-state index in [1.54, 1.807) is 12.1 Å². The fraction of sp³-hybridized carbons (Fsp3) is 0.250. The van der Waals surface area contributed by atoms with Crippen molar-refractivity contribution in [3.63, 3.8) is 0 Å². The topological polar surface area (TPSA) is 98.3 Å². The molecule has 0 radical (unpaired) electrons. The van der Waals surface area contributed by atoms with E-state index in [0.29, 0.717) is 16.9 Å². The Kier molecular flexibility index (Phi) is 4.77. The summed E-state index contributed by atoms with van der Waals surface area (Å²) in [6.07, 6.45) is 3.65. The van der Waals surface area contributed by atoms with Crippen molar-refractivity contribution in [3.8, 4) is 5.75 Å². The van der Waals surface area contributed by atoms with Gasteiger partial charge in [0.2, 0.25) is 4.77 Å². The van der Waals surface area contributed by atoms with Crippen molar-refractivity contribution < 1.29 is 9.66 Å².